The summed E-state index contributed by atoms with van der Waals surface area (Å²) in [5.74, 6) is 0.226. The topological polar surface area (TPSA) is 40.5 Å². The summed E-state index contributed by atoms with van der Waals surface area (Å²) < 4.78 is 0. The molecule has 0 aliphatic carbocycles. The molecule has 1 aliphatic rings. The first-order valence-electron chi connectivity index (χ1n) is 5.66. The number of Topliss-reactive ketones (excluding diaryl/α,β-unsaturated/α-hetero) is 1. The second-order valence-corrected chi connectivity index (χ2v) is 6.23. The zero-order chi connectivity index (χ0) is 11.9. The monoisotopic (exact) mass is 213 g/mol. The average Bonchev–Trinajstić information content (AvgIpc) is 2.30. The molecule has 3 heteroatoms. The van der Waals surface area contributed by atoms with Gasteiger partial charge in [-0.25, -0.2) is 0 Å². The van der Waals surface area contributed by atoms with Crippen LogP contribution in [0.25, 0.3) is 0 Å². The van der Waals surface area contributed by atoms with Crippen molar-refractivity contribution in [2.24, 2.45) is 5.41 Å². The van der Waals surface area contributed by atoms with Gasteiger partial charge >= 0.3 is 0 Å². The predicted octanol–water partition coefficient (Wildman–Crippen LogP) is 2.62. The van der Waals surface area contributed by atoms with Gasteiger partial charge in [0.2, 0.25) is 0 Å². The Morgan fingerprint density at radius 3 is 2.33 bits per heavy atom. The molecule has 15 heavy (non-hydrogen) atoms. The lowest BCUT2D eigenvalue weighted by molar-refractivity contribution is -0.169. The molecule has 0 aromatic rings. The molecule has 0 radical (unpaired) electrons. The molecule has 1 N–H and O–H groups in total. The Labute approximate surface area is 92.4 Å². The van der Waals surface area contributed by atoms with E-state index in [0.29, 0.717) is 6.42 Å². The molecule has 1 heterocycles. The normalized spacial score (nSPS) is 26.9. The summed E-state index contributed by atoms with van der Waals surface area (Å²) in [6, 6.07) is 0.00623. The fraction of sp³-hybridized carbons (Fsp3) is 0.917. The van der Waals surface area contributed by atoms with E-state index in [4.69, 9.17) is 0 Å². The summed E-state index contributed by atoms with van der Waals surface area (Å²) in [5.41, 5.74) is -0.476. The Kier molecular flexibility index (Phi) is 3.27. The molecule has 0 aromatic heterocycles. The van der Waals surface area contributed by atoms with Crippen LogP contribution in [0.4, 0.5) is 0 Å². The highest BCUT2D eigenvalue weighted by molar-refractivity contribution is 5.84. The SMILES string of the molecule is CC(C)(C)C(=O)CC1CCC(C)(C)N1O. The van der Waals surface area contributed by atoms with Crippen molar-refractivity contribution >= 4 is 5.78 Å². The van der Waals surface area contributed by atoms with Gasteiger partial charge in [0.05, 0.1) is 0 Å². The third kappa shape index (κ3) is 2.79. The lowest BCUT2D eigenvalue weighted by atomic mass is 9.87. The van der Waals surface area contributed by atoms with Crippen molar-refractivity contribution < 1.29 is 10.0 Å². The van der Waals surface area contributed by atoms with E-state index in [0.717, 1.165) is 12.8 Å². The lowest BCUT2D eigenvalue weighted by Crippen LogP contribution is -2.41. The minimum absolute atomic E-state index is 0.00623. The van der Waals surface area contributed by atoms with Crippen molar-refractivity contribution in [1.29, 1.82) is 0 Å². The molecule has 88 valence electrons. The molecular weight excluding hydrogens is 190 g/mol. The molecule has 1 atom stereocenters. The van der Waals surface area contributed by atoms with Crippen molar-refractivity contribution in [2.75, 3.05) is 0 Å². The van der Waals surface area contributed by atoms with E-state index >= 15 is 0 Å². The highest BCUT2D eigenvalue weighted by Gasteiger charge is 2.40. The van der Waals surface area contributed by atoms with Crippen LogP contribution in [0.3, 0.4) is 0 Å². The molecule has 1 rings (SSSR count). The molecule has 0 spiro atoms. The van der Waals surface area contributed by atoms with Crippen LogP contribution < -0.4 is 0 Å². The van der Waals surface area contributed by atoms with Gasteiger partial charge in [0.15, 0.2) is 0 Å². The fourth-order valence-corrected chi connectivity index (χ4v) is 1.96. The summed E-state index contributed by atoms with van der Waals surface area (Å²) in [6.07, 6.45) is 2.32. The summed E-state index contributed by atoms with van der Waals surface area (Å²) in [7, 11) is 0. The molecule has 1 unspecified atom stereocenters. The minimum atomic E-state index is -0.298. The maximum absolute atomic E-state index is 11.8. The summed E-state index contributed by atoms with van der Waals surface area (Å²) in [6.45, 7) is 9.80. The Balaban J connectivity index is 2.59. The maximum Gasteiger partial charge on any atom is 0.139 e. The van der Waals surface area contributed by atoms with Gasteiger partial charge in [-0.15, -0.1) is 0 Å². The standard InChI is InChI=1S/C12H23NO2/c1-11(2,3)10(14)8-9-6-7-12(4,5)13(9)15/h9,15H,6-8H2,1-5H3. The van der Waals surface area contributed by atoms with Crippen LogP contribution in [-0.2, 0) is 4.79 Å². The molecular formula is C12H23NO2. The third-order valence-corrected chi connectivity index (χ3v) is 3.31. The van der Waals surface area contributed by atoms with Crippen molar-refractivity contribution in [1.82, 2.24) is 5.06 Å². The van der Waals surface area contributed by atoms with Crippen LogP contribution in [0.15, 0.2) is 0 Å². The van der Waals surface area contributed by atoms with Crippen LogP contribution >= 0.6 is 0 Å². The van der Waals surface area contributed by atoms with E-state index in [2.05, 4.69) is 0 Å². The van der Waals surface area contributed by atoms with Gasteiger partial charge in [-0.05, 0) is 26.7 Å². The van der Waals surface area contributed by atoms with Crippen LogP contribution in [-0.4, -0.2) is 27.6 Å². The van der Waals surface area contributed by atoms with E-state index < -0.39 is 0 Å². The fourth-order valence-electron chi connectivity index (χ4n) is 1.96. The second-order valence-electron chi connectivity index (χ2n) is 6.23. The Bertz CT molecular complexity index is 253. The summed E-state index contributed by atoms with van der Waals surface area (Å²) >= 11 is 0. The Hall–Kier alpha value is -0.410. The number of ketones is 1. The number of nitrogens with zero attached hydrogens (tertiary/aromatic N) is 1. The first kappa shape index (κ1) is 12.7. The molecule has 1 fully saturated rings. The van der Waals surface area contributed by atoms with Crippen molar-refractivity contribution in [3.63, 3.8) is 0 Å². The van der Waals surface area contributed by atoms with Crippen molar-refractivity contribution in [3.05, 3.63) is 0 Å². The number of hydrogen-bond donors (Lipinski definition) is 1. The van der Waals surface area contributed by atoms with Crippen LogP contribution in [0, 0.1) is 5.41 Å². The smallest absolute Gasteiger partial charge is 0.139 e. The quantitative estimate of drug-likeness (QED) is 0.766. The average molecular weight is 213 g/mol. The minimum Gasteiger partial charge on any atom is -0.313 e. The Morgan fingerprint density at radius 2 is 2.00 bits per heavy atom. The first-order valence-corrected chi connectivity index (χ1v) is 5.66. The zero-order valence-corrected chi connectivity index (χ0v) is 10.5. The van der Waals surface area contributed by atoms with Gasteiger partial charge in [0.25, 0.3) is 0 Å². The Morgan fingerprint density at radius 1 is 1.47 bits per heavy atom. The molecule has 1 saturated heterocycles. The van der Waals surface area contributed by atoms with Crippen molar-refractivity contribution in [2.45, 2.75) is 65.5 Å². The zero-order valence-electron chi connectivity index (χ0n) is 10.5. The van der Waals surface area contributed by atoms with Crippen LogP contribution in [0.2, 0.25) is 0 Å². The van der Waals surface area contributed by atoms with Crippen LogP contribution in [0.5, 0.6) is 0 Å². The van der Waals surface area contributed by atoms with Gasteiger partial charge < -0.3 is 5.21 Å². The van der Waals surface area contributed by atoms with Gasteiger partial charge in [-0.2, -0.15) is 5.06 Å². The number of rotatable bonds is 2. The first-order chi connectivity index (χ1) is 6.64. The largest absolute Gasteiger partial charge is 0.313 e. The number of hydroxylamine groups is 2. The third-order valence-electron chi connectivity index (χ3n) is 3.31. The van der Waals surface area contributed by atoms with Gasteiger partial charge in [0, 0.05) is 23.4 Å². The van der Waals surface area contributed by atoms with Crippen molar-refractivity contribution in [3.8, 4) is 0 Å². The second kappa shape index (κ2) is 3.87. The summed E-state index contributed by atoms with van der Waals surface area (Å²) in [5, 5.41) is 11.3. The van der Waals surface area contributed by atoms with Gasteiger partial charge in [-0.1, -0.05) is 20.8 Å². The molecule has 0 aromatic carbocycles. The van der Waals surface area contributed by atoms with E-state index in [9.17, 15) is 10.0 Å². The highest BCUT2D eigenvalue weighted by atomic mass is 16.5. The number of carbonyl (C=O) groups excluding carboxylic acids is 1. The van der Waals surface area contributed by atoms with E-state index in [-0.39, 0.29) is 22.8 Å². The highest BCUT2D eigenvalue weighted by Crippen LogP contribution is 2.34. The lowest BCUT2D eigenvalue weighted by Gasteiger charge is -2.30. The molecule has 0 bridgehead atoms. The van der Waals surface area contributed by atoms with E-state index in [1.807, 2.05) is 34.6 Å². The molecule has 3 nitrogen and oxygen atoms in total. The number of carbonyl (C=O) groups is 1. The predicted molar refractivity (Wildman–Crippen MR) is 59.8 cm³/mol. The molecule has 0 amide bonds. The van der Waals surface area contributed by atoms with Crippen LogP contribution in [0.1, 0.15) is 53.9 Å². The summed E-state index contributed by atoms with van der Waals surface area (Å²) in [4.78, 5) is 11.8. The maximum atomic E-state index is 11.8. The molecule has 1 aliphatic heterocycles. The van der Waals surface area contributed by atoms with E-state index in [1.54, 1.807) is 0 Å². The van der Waals surface area contributed by atoms with Gasteiger partial charge in [0.1, 0.15) is 5.78 Å². The number of hydrogen-bond acceptors (Lipinski definition) is 3. The van der Waals surface area contributed by atoms with Gasteiger partial charge in [-0.3, -0.25) is 4.79 Å². The molecule has 0 saturated carbocycles. The van der Waals surface area contributed by atoms with E-state index in [1.165, 1.54) is 5.06 Å².